The highest BCUT2D eigenvalue weighted by Crippen LogP contribution is 2.60. The molecule has 50 heavy (non-hydrogen) atoms. The lowest BCUT2D eigenvalue weighted by Gasteiger charge is -2.40. The number of aliphatic imine (C=N–C) groups is 1. The number of carbonyl (C=O) groups is 3. The van der Waals surface area contributed by atoms with Crippen molar-refractivity contribution in [2.75, 3.05) is 25.9 Å². The van der Waals surface area contributed by atoms with E-state index in [0.717, 1.165) is 56.2 Å². The third-order valence-electron chi connectivity index (χ3n) is 11.5. The zero-order valence-electron chi connectivity index (χ0n) is 29.5. The number of ketones is 2. The summed E-state index contributed by atoms with van der Waals surface area (Å²) in [7, 11) is 1.63. The number of pyridine rings is 1. The Morgan fingerprint density at radius 1 is 1.14 bits per heavy atom. The van der Waals surface area contributed by atoms with Gasteiger partial charge in [0.1, 0.15) is 5.82 Å². The number of allylic oxidation sites excluding steroid dienone is 1. The number of nitrogens with two attached hydrogens (primary N) is 2. The van der Waals surface area contributed by atoms with Gasteiger partial charge in [-0.1, -0.05) is 74.8 Å². The molecular weight excluding hydrogens is 632 g/mol. The molecule has 0 unspecified atom stereocenters. The first-order valence-corrected chi connectivity index (χ1v) is 17.9. The molecule has 1 aromatic carbocycles. The highest BCUT2D eigenvalue weighted by atomic mass is 16.7. The second kappa shape index (κ2) is 14.1. The van der Waals surface area contributed by atoms with E-state index in [9.17, 15) is 14.4 Å². The van der Waals surface area contributed by atoms with Crippen molar-refractivity contribution in [2.45, 2.75) is 89.0 Å². The summed E-state index contributed by atoms with van der Waals surface area (Å²) in [6.07, 6.45) is 13.5. The number of likely N-dealkylation sites (N-methyl/N-ethyl adjacent to an activating group) is 1. The molecule has 0 spiro atoms. The molecule has 2 fully saturated rings. The standard InChI is InChI=1S/C39H50N6O5/c1-5-25-13-14-30(43-6-2)27(21-25)23-49-35(48)39-34(47)29-12-8-7-11-28(29)33(46)38(39,50-39)19-15-24(3)37(17-9-10-18-37)32(45-36(41)42-4)26-16-20-44-31(40)22-26/h7-8,11-16,20,22,25,27,30,32,43H,5-6,9-10,17-19,21,23H2,1-4H3,(H2,40,44)(H3,41,42,45)/b24-15+/t25-,27-,30+,32-,38-,39-/m0/s1. The number of nitrogens with one attached hydrogen (secondary N) is 2. The SMILES string of the molecule is CCN[C@@H]1C=C[C@H](CC)C[C@H]1COC(=O)[C@]12O[C@@]1(C/C=C(\C)C1([C@@H](NC(N)=NC)c3ccnc(N)c3)CCCC1)C(=O)c1ccccc1C2=O. The zero-order valence-corrected chi connectivity index (χ0v) is 29.5. The van der Waals surface area contributed by atoms with Gasteiger partial charge in [0.05, 0.1) is 12.6 Å². The number of guanidine groups is 1. The van der Waals surface area contributed by atoms with Crippen molar-refractivity contribution in [3.05, 3.63) is 83.1 Å². The largest absolute Gasteiger partial charge is 0.463 e. The lowest BCUT2D eigenvalue weighted by molar-refractivity contribution is -0.149. The Balaban J connectivity index is 1.34. The van der Waals surface area contributed by atoms with Crippen LogP contribution in [-0.2, 0) is 14.3 Å². The zero-order chi connectivity index (χ0) is 35.7. The van der Waals surface area contributed by atoms with Gasteiger partial charge in [-0.05, 0) is 62.8 Å². The Hall–Kier alpha value is -4.35. The van der Waals surface area contributed by atoms with Crippen LogP contribution in [0, 0.1) is 17.3 Å². The van der Waals surface area contributed by atoms with Gasteiger partial charge in [0.15, 0.2) is 17.3 Å². The fraction of sp³-hybridized carbons (Fsp3) is 0.513. The molecule has 2 heterocycles. The number of Topliss-reactive ketones (excluding diaryl/α,β-unsaturated/α-hetero) is 2. The maximum absolute atomic E-state index is 14.4. The summed E-state index contributed by atoms with van der Waals surface area (Å²) < 4.78 is 12.2. The number of fused-ring (bicyclic) bond motifs is 2. The lowest BCUT2D eigenvalue weighted by atomic mass is 9.68. The number of esters is 1. The van der Waals surface area contributed by atoms with Gasteiger partial charge in [-0.3, -0.25) is 14.6 Å². The van der Waals surface area contributed by atoms with E-state index in [0.29, 0.717) is 11.7 Å². The van der Waals surface area contributed by atoms with Crippen molar-refractivity contribution in [3.8, 4) is 0 Å². The van der Waals surface area contributed by atoms with E-state index in [-0.39, 0.29) is 53.9 Å². The van der Waals surface area contributed by atoms with E-state index >= 15 is 0 Å². The number of hydrogen-bond donors (Lipinski definition) is 4. The van der Waals surface area contributed by atoms with E-state index < -0.39 is 28.4 Å². The minimum Gasteiger partial charge on any atom is -0.463 e. The van der Waals surface area contributed by atoms with Crippen LogP contribution in [0.25, 0.3) is 0 Å². The fourth-order valence-electron chi connectivity index (χ4n) is 8.63. The lowest BCUT2D eigenvalue weighted by Crippen LogP contribution is -2.51. The Bertz CT molecular complexity index is 1730. The fourth-order valence-corrected chi connectivity index (χ4v) is 8.63. The highest BCUT2D eigenvalue weighted by Gasteiger charge is 2.85. The molecule has 1 saturated heterocycles. The van der Waals surface area contributed by atoms with Crippen LogP contribution in [0.3, 0.4) is 0 Å². The third-order valence-corrected chi connectivity index (χ3v) is 11.5. The number of rotatable bonds is 12. The normalized spacial score (nSPS) is 29.2. The molecule has 1 aliphatic heterocycles. The predicted molar refractivity (Wildman–Crippen MR) is 192 cm³/mol. The van der Waals surface area contributed by atoms with E-state index in [1.54, 1.807) is 37.5 Å². The smallest absolute Gasteiger partial charge is 0.350 e. The maximum atomic E-state index is 14.4. The van der Waals surface area contributed by atoms with Crippen LogP contribution in [0.1, 0.15) is 98.0 Å². The number of anilines is 1. The van der Waals surface area contributed by atoms with Crippen LogP contribution < -0.4 is 22.1 Å². The number of nitrogen functional groups attached to an aromatic ring is 1. The van der Waals surface area contributed by atoms with Gasteiger partial charge < -0.3 is 31.6 Å². The molecule has 0 amide bonds. The van der Waals surface area contributed by atoms with Crippen molar-refractivity contribution in [3.63, 3.8) is 0 Å². The molecule has 6 atom stereocenters. The van der Waals surface area contributed by atoms with Crippen LogP contribution in [0.5, 0.6) is 0 Å². The van der Waals surface area contributed by atoms with Gasteiger partial charge in [-0.25, -0.2) is 9.78 Å². The van der Waals surface area contributed by atoms with Crippen molar-refractivity contribution >= 4 is 29.3 Å². The Morgan fingerprint density at radius 2 is 1.86 bits per heavy atom. The van der Waals surface area contributed by atoms with Crippen molar-refractivity contribution in [2.24, 2.45) is 28.0 Å². The number of nitrogens with zero attached hydrogens (tertiary/aromatic N) is 2. The molecule has 0 bridgehead atoms. The number of ether oxygens (including phenoxy) is 2. The highest BCUT2D eigenvalue weighted by molar-refractivity contribution is 6.32. The van der Waals surface area contributed by atoms with Gasteiger partial charge in [-0.15, -0.1) is 0 Å². The minimum atomic E-state index is -2.04. The molecule has 4 aliphatic rings. The maximum Gasteiger partial charge on any atom is 0.350 e. The summed E-state index contributed by atoms with van der Waals surface area (Å²) in [5.41, 5.74) is 10.5. The number of carbonyl (C=O) groups excluding carboxylic acids is 3. The minimum absolute atomic E-state index is 0.0233. The van der Waals surface area contributed by atoms with Gasteiger partial charge in [0.25, 0.3) is 5.60 Å². The van der Waals surface area contributed by atoms with E-state index in [4.69, 9.17) is 20.9 Å². The molecule has 266 valence electrons. The Kier molecular flexibility index (Phi) is 10.0. The quantitative estimate of drug-likeness (QED) is 0.0605. The molecule has 6 N–H and O–H groups in total. The number of epoxide rings is 1. The summed E-state index contributed by atoms with van der Waals surface area (Å²) in [5, 5.41) is 6.89. The first kappa shape index (κ1) is 35.5. The summed E-state index contributed by atoms with van der Waals surface area (Å²) >= 11 is 0. The van der Waals surface area contributed by atoms with Crippen LogP contribution in [0.2, 0.25) is 0 Å². The van der Waals surface area contributed by atoms with Gasteiger partial charge in [-0.2, -0.15) is 0 Å². The first-order chi connectivity index (χ1) is 24.1. The number of aromatic nitrogens is 1. The molecule has 11 heteroatoms. The molecule has 3 aliphatic carbocycles. The van der Waals surface area contributed by atoms with Crippen LogP contribution in [-0.4, -0.2) is 65.9 Å². The van der Waals surface area contributed by atoms with Crippen LogP contribution in [0.4, 0.5) is 5.82 Å². The molecule has 11 nitrogen and oxygen atoms in total. The average molecular weight is 683 g/mol. The second-order valence-corrected chi connectivity index (χ2v) is 14.2. The predicted octanol–water partition coefficient (Wildman–Crippen LogP) is 4.85. The van der Waals surface area contributed by atoms with Crippen molar-refractivity contribution < 1.29 is 23.9 Å². The van der Waals surface area contributed by atoms with E-state index in [1.165, 1.54) is 0 Å². The van der Waals surface area contributed by atoms with Crippen molar-refractivity contribution in [1.29, 1.82) is 0 Å². The third kappa shape index (κ3) is 5.94. The summed E-state index contributed by atoms with van der Waals surface area (Å²) in [4.78, 5) is 51.2. The first-order valence-electron chi connectivity index (χ1n) is 17.9. The Labute approximate surface area is 294 Å². The van der Waals surface area contributed by atoms with Crippen LogP contribution in [0.15, 0.2) is 71.4 Å². The Morgan fingerprint density at radius 3 is 2.52 bits per heavy atom. The number of benzene rings is 1. The summed E-state index contributed by atoms with van der Waals surface area (Å²) in [6, 6.07) is 10.1. The van der Waals surface area contributed by atoms with Gasteiger partial charge in [0, 0.05) is 48.2 Å². The molecule has 1 aromatic heterocycles. The van der Waals surface area contributed by atoms with Crippen LogP contribution >= 0.6 is 0 Å². The molecule has 2 aromatic rings. The monoisotopic (exact) mass is 682 g/mol. The van der Waals surface area contributed by atoms with E-state index in [1.807, 2.05) is 32.1 Å². The summed E-state index contributed by atoms with van der Waals surface area (Å²) in [6.45, 7) is 7.10. The molecule has 0 radical (unpaired) electrons. The second-order valence-electron chi connectivity index (χ2n) is 14.2. The van der Waals surface area contributed by atoms with E-state index in [2.05, 4.69) is 39.7 Å². The molecule has 1 saturated carbocycles. The topological polar surface area (TPSA) is 174 Å². The summed E-state index contributed by atoms with van der Waals surface area (Å²) in [5.74, 6) is -0.638. The molecular formula is C39H50N6O5. The average Bonchev–Trinajstić information content (AvgIpc) is 3.60. The molecule has 6 rings (SSSR count). The number of hydrogen-bond acceptors (Lipinski definition) is 9. The van der Waals surface area contributed by atoms with Gasteiger partial charge in [0.2, 0.25) is 5.78 Å². The van der Waals surface area contributed by atoms with Gasteiger partial charge >= 0.3 is 5.97 Å². The van der Waals surface area contributed by atoms with Crippen molar-refractivity contribution in [1.82, 2.24) is 15.6 Å².